The molecular formula is C21H27N5O. The van der Waals surface area contributed by atoms with Gasteiger partial charge in [-0.2, -0.15) is 0 Å². The summed E-state index contributed by atoms with van der Waals surface area (Å²) in [7, 11) is 0. The summed E-state index contributed by atoms with van der Waals surface area (Å²) in [5, 5.41) is 6.03. The molecule has 27 heavy (non-hydrogen) atoms. The van der Waals surface area contributed by atoms with Crippen LogP contribution in [0.5, 0.6) is 0 Å². The lowest BCUT2D eigenvalue weighted by molar-refractivity contribution is 0.248. The predicted octanol–water partition coefficient (Wildman–Crippen LogP) is 4.20. The molecule has 0 unspecified atom stereocenters. The number of piperidine rings is 1. The number of rotatable bonds is 4. The van der Waals surface area contributed by atoms with Crippen molar-refractivity contribution in [2.75, 3.05) is 23.3 Å². The van der Waals surface area contributed by atoms with Crippen LogP contribution in [0.25, 0.3) is 11.3 Å². The summed E-state index contributed by atoms with van der Waals surface area (Å²) < 4.78 is 0. The van der Waals surface area contributed by atoms with E-state index in [1.807, 2.05) is 24.3 Å². The van der Waals surface area contributed by atoms with Gasteiger partial charge >= 0.3 is 6.03 Å². The second-order valence-corrected chi connectivity index (χ2v) is 7.44. The number of hydrogen-bond acceptors (Lipinski definition) is 4. The number of amides is 2. The van der Waals surface area contributed by atoms with E-state index in [0.29, 0.717) is 6.04 Å². The maximum absolute atomic E-state index is 12.3. The summed E-state index contributed by atoms with van der Waals surface area (Å²) in [5.41, 5.74) is 2.62. The Balaban J connectivity index is 1.51. The van der Waals surface area contributed by atoms with E-state index < -0.39 is 0 Å². The van der Waals surface area contributed by atoms with Crippen LogP contribution in [0.15, 0.2) is 36.7 Å². The van der Waals surface area contributed by atoms with Gasteiger partial charge < -0.3 is 15.5 Å². The Hall–Kier alpha value is -2.63. The van der Waals surface area contributed by atoms with E-state index in [9.17, 15) is 4.79 Å². The Morgan fingerprint density at radius 1 is 1.00 bits per heavy atom. The zero-order valence-electron chi connectivity index (χ0n) is 15.7. The van der Waals surface area contributed by atoms with E-state index in [2.05, 4.69) is 25.5 Å². The lowest BCUT2D eigenvalue weighted by atomic mass is 10.1. The zero-order chi connectivity index (χ0) is 18.5. The SMILES string of the molecule is O=C(Nc1cccc(-c2nccnc2N2CCCCC2)c1)NC1CCCC1. The Morgan fingerprint density at radius 3 is 2.59 bits per heavy atom. The fourth-order valence-electron chi connectivity index (χ4n) is 4.04. The van der Waals surface area contributed by atoms with Crippen LogP contribution in [-0.4, -0.2) is 35.1 Å². The minimum Gasteiger partial charge on any atom is -0.355 e. The highest BCUT2D eigenvalue weighted by atomic mass is 16.2. The Morgan fingerprint density at radius 2 is 1.78 bits per heavy atom. The van der Waals surface area contributed by atoms with E-state index in [4.69, 9.17) is 0 Å². The molecule has 1 saturated heterocycles. The van der Waals surface area contributed by atoms with Gasteiger partial charge in [0.25, 0.3) is 0 Å². The largest absolute Gasteiger partial charge is 0.355 e. The summed E-state index contributed by atoms with van der Waals surface area (Å²) in [5.74, 6) is 0.935. The van der Waals surface area contributed by atoms with E-state index >= 15 is 0 Å². The first-order valence-corrected chi connectivity index (χ1v) is 10.0. The van der Waals surface area contributed by atoms with Crippen LogP contribution in [-0.2, 0) is 0 Å². The first-order valence-electron chi connectivity index (χ1n) is 10.0. The highest BCUT2D eigenvalue weighted by Crippen LogP contribution is 2.30. The molecule has 2 aromatic rings. The molecule has 2 N–H and O–H groups in total. The van der Waals surface area contributed by atoms with Crippen molar-refractivity contribution in [2.24, 2.45) is 0 Å². The summed E-state index contributed by atoms with van der Waals surface area (Å²) in [4.78, 5) is 23.8. The van der Waals surface area contributed by atoms with E-state index in [1.165, 1.54) is 32.1 Å². The van der Waals surface area contributed by atoms with Crippen LogP contribution in [0, 0.1) is 0 Å². The number of hydrogen-bond donors (Lipinski definition) is 2. The topological polar surface area (TPSA) is 70.2 Å². The second-order valence-electron chi connectivity index (χ2n) is 7.44. The van der Waals surface area contributed by atoms with Crippen LogP contribution < -0.4 is 15.5 Å². The van der Waals surface area contributed by atoms with Crippen molar-refractivity contribution < 1.29 is 4.79 Å². The van der Waals surface area contributed by atoms with Gasteiger partial charge in [0.2, 0.25) is 0 Å². The monoisotopic (exact) mass is 365 g/mol. The van der Waals surface area contributed by atoms with E-state index in [0.717, 1.165) is 48.7 Å². The molecule has 0 spiro atoms. The van der Waals surface area contributed by atoms with Crippen molar-refractivity contribution in [2.45, 2.75) is 51.0 Å². The van der Waals surface area contributed by atoms with Crippen molar-refractivity contribution in [3.05, 3.63) is 36.7 Å². The van der Waals surface area contributed by atoms with Crippen molar-refractivity contribution in [1.29, 1.82) is 0 Å². The summed E-state index contributed by atoms with van der Waals surface area (Å²) in [6.07, 6.45) is 11.7. The third kappa shape index (κ3) is 4.38. The van der Waals surface area contributed by atoms with Crippen molar-refractivity contribution in [1.82, 2.24) is 15.3 Å². The Kier molecular flexibility index (Phi) is 5.51. The molecule has 2 heterocycles. The summed E-state index contributed by atoms with van der Waals surface area (Å²) >= 11 is 0. The van der Waals surface area contributed by atoms with Gasteiger partial charge in [-0.05, 0) is 44.2 Å². The molecule has 0 atom stereocenters. The minimum absolute atomic E-state index is 0.130. The van der Waals surface area contributed by atoms with E-state index in [-0.39, 0.29) is 6.03 Å². The Labute approximate surface area is 160 Å². The van der Waals surface area contributed by atoms with Crippen molar-refractivity contribution >= 4 is 17.5 Å². The van der Waals surface area contributed by atoms with Crippen molar-refractivity contribution in [3.8, 4) is 11.3 Å². The number of urea groups is 1. The number of carbonyl (C=O) groups is 1. The first kappa shape index (κ1) is 17.8. The van der Waals surface area contributed by atoms with Gasteiger partial charge in [0.1, 0.15) is 5.69 Å². The molecule has 2 amide bonds. The molecule has 1 aromatic heterocycles. The molecule has 1 aromatic carbocycles. The van der Waals surface area contributed by atoms with Crippen LogP contribution in [0.3, 0.4) is 0 Å². The maximum atomic E-state index is 12.3. The number of benzene rings is 1. The highest BCUT2D eigenvalue weighted by Gasteiger charge is 2.19. The van der Waals surface area contributed by atoms with Gasteiger partial charge in [0.15, 0.2) is 5.82 Å². The normalized spacial score (nSPS) is 17.7. The maximum Gasteiger partial charge on any atom is 0.319 e. The van der Waals surface area contributed by atoms with Crippen LogP contribution in [0.1, 0.15) is 44.9 Å². The van der Waals surface area contributed by atoms with Crippen LogP contribution >= 0.6 is 0 Å². The number of carbonyl (C=O) groups excluding carboxylic acids is 1. The minimum atomic E-state index is -0.130. The smallest absolute Gasteiger partial charge is 0.319 e. The average Bonchev–Trinajstić information content (AvgIpc) is 3.22. The molecule has 4 rings (SSSR count). The zero-order valence-corrected chi connectivity index (χ0v) is 15.7. The molecule has 1 saturated carbocycles. The molecule has 142 valence electrons. The average molecular weight is 365 g/mol. The number of nitrogens with zero attached hydrogens (tertiary/aromatic N) is 3. The van der Waals surface area contributed by atoms with Gasteiger partial charge in [0.05, 0.1) is 0 Å². The van der Waals surface area contributed by atoms with Gasteiger partial charge in [-0.15, -0.1) is 0 Å². The molecular weight excluding hydrogens is 338 g/mol. The van der Waals surface area contributed by atoms with Gasteiger partial charge in [-0.25, -0.2) is 9.78 Å². The second kappa shape index (κ2) is 8.37. The fraction of sp³-hybridized carbons (Fsp3) is 0.476. The molecule has 6 nitrogen and oxygen atoms in total. The third-order valence-corrected chi connectivity index (χ3v) is 5.42. The molecule has 6 heteroatoms. The van der Waals surface area contributed by atoms with Crippen LogP contribution in [0.4, 0.5) is 16.3 Å². The number of aromatic nitrogens is 2. The summed E-state index contributed by atoms with van der Waals surface area (Å²) in [6.45, 7) is 2.04. The Bertz CT molecular complexity index is 782. The first-order chi connectivity index (χ1) is 13.3. The predicted molar refractivity (Wildman–Crippen MR) is 108 cm³/mol. The molecule has 0 bridgehead atoms. The third-order valence-electron chi connectivity index (χ3n) is 5.42. The van der Waals surface area contributed by atoms with Gasteiger partial charge in [0, 0.05) is 42.8 Å². The van der Waals surface area contributed by atoms with Crippen LogP contribution in [0.2, 0.25) is 0 Å². The number of nitrogens with one attached hydrogen (secondary N) is 2. The molecule has 2 aliphatic rings. The lowest BCUT2D eigenvalue weighted by Gasteiger charge is -2.28. The lowest BCUT2D eigenvalue weighted by Crippen LogP contribution is -2.36. The number of anilines is 2. The summed E-state index contributed by atoms with van der Waals surface area (Å²) in [6, 6.07) is 8.04. The molecule has 2 fully saturated rings. The molecule has 0 radical (unpaired) electrons. The molecule has 1 aliphatic carbocycles. The standard InChI is InChI=1S/C21H27N5O/c27-21(24-17-8-2-3-9-17)25-18-10-6-7-16(15-18)19-20(23-12-11-22-19)26-13-4-1-5-14-26/h6-7,10-12,15,17H,1-5,8-9,13-14H2,(H2,24,25,27). The van der Waals surface area contributed by atoms with Gasteiger partial charge in [-0.3, -0.25) is 4.98 Å². The van der Waals surface area contributed by atoms with E-state index in [1.54, 1.807) is 12.4 Å². The van der Waals surface area contributed by atoms with Crippen molar-refractivity contribution in [3.63, 3.8) is 0 Å². The molecule has 1 aliphatic heterocycles. The highest BCUT2D eigenvalue weighted by molar-refractivity contribution is 5.90. The quantitative estimate of drug-likeness (QED) is 0.852. The fourth-order valence-corrected chi connectivity index (χ4v) is 4.04. The van der Waals surface area contributed by atoms with Gasteiger partial charge in [-0.1, -0.05) is 25.0 Å².